The molecule has 1 fully saturated rings. The normalized spacial score (nSPS) is 23.2. The predicted molar refractivity (Wildman–Crippen MR) is 42.6 cm³/mol. The molecule has 0 aromatic heterocycles. The quantitative estimate of drug-likeness (QED) is 0.665. The van der Waals surface area contributed by atoms with Crippen LogP contribution in [-0.4, -0.2) is 35.0 Å². The van der Waals surface area contributed by atoms with Gasteiger partial charge in [0.25, 0.3) is 0 Å². The molecule has 0 aromatic carbocycles. The van der Waals surface area contributed by atoms with Crippen LogP contribution in [0.4, 0.5) is 0 Å². The van der Waals surface area contributed by atoms with Gasteiger partial charge >= 0.3 is 5.97 Å². The van der Waals surface area contributed by atoms with Crippen LogP contribution in [0.3, 0.4) is 0 Å². The highest BCUT2D eigenvalue weighted by Crippen LogP contribution is 2.17. The van der Waals surface area contributed by atoms with Gasteiger partial charge in [-0.15, -0.1) is 0 Å². The Morgan fingerprint density at radius 2 is 2.42 bits per heavy atom. The van der Waals surface area contributed by atoms with Crippen molar-refractivity contribution in [2.75, 3.05) is 13.1 Å². The van der Waals surface area contributed by atoms with Crippen molar-refractivity contribution in [2.45, 2.75) is 19.8 Å². The van der Waals surface area contributed by atoms with Crippen molar-refractivity contribution in [1.29, 1.82) is 0 Å². The van der Waals surface area contributed by atoms with Gasteiger partial charge < -0.3 is 10.0 Å². The Hall–Kier alpha value is -1.06. The summed E-state index contributed by atoms with van der Waals surface area (Å²) >= 11 is 0. The van der Waals surface area contributed by atoms with E-state index in [1.165, 1.54) is 0 Å². The number of rotatable bonds is 3. The third-order valence-electron chi connectivity index (χ3n) is 2.06. The summed E-state index contributed by atoms with van der Waals surface area (Å²) in [5.74, 6) is -1.37. The van der Waals surface area contributed by atoms with E-state index in [1.807, 2.05) is 6.92 Å². The lowest BCUT2D eigenvalue weighted by molar-refractivity contribution is -0.141. The van der Waals surface area contributed by atoms with E-state index in [0.29, 0.717) is 13.1 Å². The number of likely N-dealkylation sites (tertiary alicyclic amines) is 1. The number of nitrogens with zero attached hydrogens (tertiary/aromatic N) is 1. The Kier molecular flexibility index (Phi) is 2.68. The summed E-state index contributed by atoms with van der Waals surface area (Å²) in [6, 6.07) is 0. The highest BCUT2D eigenvalue weighted by molar-refractivity contribution is 5.86. The van der Waals surface area contributed by atoms with Gasteiger partial charge in [-0.25, -0.2) is 0 Å². The van der Waals surface area contributed by atoms with Crippen molar-refractivity contribution >= 4 is 11.9 Å². The maximum Gasteiger partial charge on any atom is 0.308 e. The number of hydrogen-bond acceptors (Lipinski definition) is 2. The highest BCUT2D eigenvalue weighted by atomic mass is 16.4. The molecule has 1 aliphatic rings. The summed E-state index contributed by atoms with van der Waals surface area (Å²) < 4.78 is 0. The largest absolute Gasteiger partial charge is 0.481 e. The van der Waals surface area contributed by atoms with E-state index >= 15 is 0 Å². The van der Waals surface area contributed by atoms with Crippen molar-refractivity contribution in [3.63, 3.8) is 0 Å². The molecule has 0 radical (unpaired) electrons. The zero-order chi connectivity index (χ0) is 9.14. The minimum Gasteiger partial charge on any atom is -0.481 e. The summed E-state index contributed by atoms with van der Waals surface area (Å²) in [4.78, 5) is 23.3. The summed E-state index contributed by atoms with van der Waals surface area (Å²) in [7, 11) is 0. The lowest BCUT2D eigenvalue weighted by Gasteiger charge is -2.13. The van der Waals surface area contributed by atoms with E-state index in [-0.39, 0.29) is 12.3 Å². The number of carbonyl (C=O) groups excluding carboxylic acids is 1. The Labute approximate surface area is 71.2 Å². The Morgan fingerprint density at radius 1 is 1.75 bits per heavy atom. The van der Waals surface area contributed by atoms with E-state index in [4.69, 9.17) is 5.11 Å². The standard InChI is InChI=1S/C8H13NO3/c1-2-3-9-5-6(8(11)12)4-7(9)10/h6H,2-5H2,1H3,(H,11,12)/t6-/m1/s1. The smallest absolute Gasteiger partial charge is 0.308 e. The molecule has 4 nitrogen and oxygen atoms in total. The van der Waals surface area contributed by atoms with Crippen LogP contribution in [0.1, 0.15) is 19.8 Å². The summed E-state index contributed by atoms with van der Waals surface area (Å²) in [5, 5.41) is 8.64. The summed E-state index contributed by atoms with van der Waals surface area (Å²) in [6.45, 7) is 3.05. The van der Waals surface area contributed by atoms with Gasteiger partial charge in [0.1, 0.15) is 0 Å². The van der Waals surface area contributed by atoms with E-state index < -0.39 is 11.9 Å². The van der Waals surface area contributed by atoms with Gasteiger partial charge in [0.05, 0.1) is 5.92 Å². The molecule has 1 saturated heterocycles. The number of carbonyl (C=O) groups is 2. The number of amides is 1. The molecule has 1 amide bonds. The minimum atomic E-state index is -0.859. The monoisotopic (exact) mass is 171 g/mol. The average molecular weight is 171 g/mol. The third kappa shape index (κ3) is 1.75. The van der Waals surface area contributed by atoms with Crippen LogP contribution in [0.25, 0.3) is 0 Å². The summed E-state index contributed by atoms with van der Waals surface area (Å²) in [6.07, 6.45) is 1.06. The van der Waals surface area contributed by atoms with E-state index in [2.05, 4.69) is 0 Å². The first-order valence-corrected chi connectivity index (χ1v) is 4.15. The molecule has 0 unspecified atom stereocenters. The van der Waals surface area contributed by atoms with Crippen molar-refractivity contribution in [2.24, 2.45) is 5.92 Å². The van der Waals surface area contributed by atoms with Crippen LogP contribution in [0, 0.1) is 5.92 Å². The van der Waals surface area contributed by atoms with Crippen LogP contribution in [0.15, 0.2) is 0 Å². The third-order valence-corrected chi connectivity index (χ3v) is 2.06. The molecule has 0 aliphatic carbocycles. The van der Waals surface area contributed by atoms with Crippen LogP contribution < -0.4 is 0 Å². The van der Waals surface area contributed by atoms with Gasteiger partial charge in [0.2, 0.25) is 5.91 Å². The molecule has 1 aliphatic heterocycles. The van der Waals surface area contributed by atoms with Gasteiger partial charge in [0, 0.05) is 19.5 Å². The SMILES string of the molecule is CCCN1C[C@H](C(=O)O)CC1=O. The maximum atomic E-state index is 11.1. The van der Waals surface area contributed by atoms with Crippen LogP contribution in [-0.2, 0) is 9.59 Å². The Balaban J connectivity index is 2.50. The van der Waals surface area contributed by atoms with Crippen molar-refractivity contribution in [3.05, 3.63) is 0 Å². The number of carboxylic acids is 1. The summed E-state index contributed by atoms with van der Waals surface area (Å²) in [5.41, 5.74) is 0. The fourth-order valence-electron chi connectivity index (χ4n) is 1.42. The van der Waals surface area contributed by atoms with Crippen molar-refractivity contribution < 1.29 is 14.7 Å². The topological polar surface area (TPSA) is 57.6 Å². The second-order valence-electron chi connectivity index (χ2n) is 3.08. The molecule has 1 atom stereocenters. The number of carboxylic acid groups (broad SMARTS) is 1. The van der Waals surface area contributed by atoms with Crippen LogP contribution >= 0.6 is 0 Å². The Bertz CT molecular complexity index is 202. The van der Waals surface area contributed by atoms with Gasteiger partial charge in [-0.1, -0.05) is 6.92 Å². The number of aliphatic carboxylic acids is 1. The van der Waals surface area contributed by atoms with Crippen molar-refractivity contribution in [1.82, 2.24) is 4.90 Å². The first kappa shape index (κ1) is 9.03. The Morgan fingerprint density at radius 3 is 2.83 bits per heavy atom. The van der Waals surface area contributed by atoms with Crippen molar-refractivity contribution in [3.8, 4) is 0 Å². The van der Waals surface area contributed by atoms with Gasteiger partial charge in [0.15, 0.2) is 0 Å². The molecule has 12 heavy (non-hydrogen) atoms. The van der Waals surface area contributed by atoms with Crippen LogP contribution in [0.2, 0.25) is 0 Å². The fourth-order valence-corrected chi connectivity index (χ4v) is 1.42. The fraction of sp³-hybridized carbons (Fsp3) is 0.750. The molecule has 0 spiro atoms. The lowest BCUT2D eigenvalue weighted by atomic mass is 10.1. The molecule has 1 N–H and O–H groups in total. The minimum absolute atomic E-state index is 0.0238. The zero-order valence-electron chi connectivity index (χ0n) is 7.12. The second kappa shape index (κ2) is 3.56. The first-order valence-electron chi connectivity index (χ1n) is 4.15. The molecular weight excluding hydrogens is 158 g/mol. The van der Waals surface area contributed by atoms with Gasteiger partial charge in [-0.05, 0) is 6.42 Å². The molecule has 1 rings (SSSR count). The number of hydrogen-bond donors (Lipinski definition) is 1. The lowest BCUT2D eigenvalue weighted by Crippen LogP contribution is -2.26. The van der Waals surface area contributed by atoms with E-state index in [1.54, 1.807) is 4.90 Å². The molecule has 0 aromatic rings. The molecule has 1 heterocycles. The molecular formula is C8H13NO3. The van der Waals surface area contributed by atoms with E-state index in [9.17, 15) is 9.59 Å². The first-order chi connectivity index (χ1) is 5.65. The predicted octanol–water partition coefficient (Wildman–Crippen LogP) is 0.329. The van der Waals surface area contributed by atoms with E-state index in [0.717, 1.165) is 6.42 Å². The molecule has 0 saturated carbocycles. The maximum absolute atomic E-state index is 11.1. The van der Waals surface area contributed by atoms with Gasteiger partial charge in [-0.2, -0.15) is 0 Å². The molecule has 4 heteroatoms. The highest BCUT2D eigenvalue weighted by Gasteiger charge is 2.33. The van der Waals surface area contributed by atoms with Gasteiger partial charge in [-0.3, -0.25) is 9.59 Å². The second-order valence-corrected chi connectivity index (χ2v) is 3.08. The van der Waals surface area contributed by atoms with Crippen LogP contribution in [0.5, 0.6) is 0 Å². The zero-order valence-corrected chi connectivity index (χ0v) is 7.12. The molecule has 0 bridgehead atoms. The average Bonchev–Trinajstić information content (AvgIpc) is 2.34. The molecule has 68 valence electrons.